The Hall–Kier alpha value is -0.0900. The molecule has 0 saturated carbocycles. The zero-order chi connectivity index (χ0) is 9.07. The first-order valence-corrected chi connectivity index (χ1v) is 4.14. The third-order valence-electron chi connectivity index (χ3n) is 1.54. The van der Waals surface area contributed by atoms with Crippen molar-refractivity contribution < 1.29 is 14.3 Å². The average molecular weight is 225 g/mol. The smallest absolute Gasteiger partial charge is 0.322 e. The van der Waals surface area contributed by atoms with Crippen LogP contribution in [0.5, 0.6) is 0 Å². The van der Waals surface area contributed by atoms with Gasteiger partial charge in [-0.25, -0.2) is 0 Å². The highest BCUT2D eigenvalue weighted by Gasteiger charge is 2.33. The van der Waals surface area contributed by atoms with Gasteiger partial charge in [-0.15, -0.1) is 0 Å². The van der Waals surface area contributed by atoms with E-state index < -0.39 is 10.4 Å². The normalized spacial score (nSPS) is 14.3. The molecule has 0 rings (SSSR count). The van der Waals surface area contributed by atoms with E-state index in [2.05, 4.69) is 20.7 Å². The van der Waals surface area contributed by atoms with Crippen LogP contribution >= 0.6 is 15.9 Å². The van der Waals surface area contributed by atoms with Crippen LogP contribution in [-0.4, -0.2) is 30.6 Å². The molecule has 0 heterocycles. The van der Waals surface area contributed by atoms with Crippen LogP contribution in [-0.2, 0) is 14.3 Å². The second kappa shape index (κ2) is 4.07. The van der Waals surface area contributed by atoms with Crippen LogP contribution in [0.1, 0.15) is 13.8 Å². The number of hydrogen-bond acceptors (Lipinski definition) is 3. The van der Waals surface area contributed by atoms with Crippen LogP contribution in [0.2, 0.25) is 0 Å². The molecule has 0 saturated heterocycles. The van der Waals surface area contributed by atoms with Crippen LogP contribution in [0.3, 0.4) is 0 Å². The average Bonchev–Trinajstić information content (AvgIpc) is 2.01. The summed E-state index contributed by atoms with van der Waals surface area (Å²) in [6.45, 7) is 3.62. The van der Waals surface area contributed by atoms with Gasteiger partial charge in [0.1, 0.15) is 4.83 Å². The van der Waals surface area contributed by atoms with E-state index in [1.54, 1.807) is 7.11 Å². The van der Waals surface area contributed by atoms with Crippen molar-refractivity contribution in [3.05, 3.63) is 0 Å². The number of carbonyl (C=O) groups excluding carboxylic acids is 1. The summed E-state index contributed by atoms with van der Waals surface area (Å²) < 4.78 is 9.61. The Balaban J connectivity index is 4.22. The highest BCUT2D eigenvalue weighted by atomic mass is 79.9. The Morgan fingerprint density at radius 2 is 1.91 bits per heavy atom. The summed E-state index contributed by atoms with van der Waals surface area (Å²) in [5, 5.41) is 0. The highest BCUT2D eigenvalue weighted by Crippen LogP contribution is 2.21. The first kappa shape index (κ1) is 10.9. The molecule has 4 heteroatoms. The molecule has 0 amide bonds. The molecule has 66 valence electrons. The van der Waals surface area contributed by atoms with Crippen molar-refractivity contribution >= 4 is 21.9 Å². The van der Waals surface area contributed by atoms with Crippen LogP contribution in [0.4, 0.5) is 0 Å². The van der Waals surface area contributed by atoms with E-state index in [-0.39, 0.29) is 5.97 Å². The molecule has 0 bridgehead atoms. The van der Waals surface area contributed by atoms with Gasteiger partial charge in [0.25, 0.3) is 0 Å². The molecule has 0 spiro atoms. The predicted octanol–water partition coefficient (Wildman–Crippen LogP) is 1.35. The number of rotatable bonds is 3. The lowest BCUT2D eigenvalue weighted by atomic mass is 10.1. The maximum absolute atomic E-state index is 11.0. The molecule has 11 heavy (non-hydrogen) atoms. The van der Waals surface area contributed by atoms with Gasteiger partial charge in [0.2, 0.25) is 0 Å². The van der Waals surface area contributed by atoms with Crippen molar-refractivity contribution in [2.45, 2.75) is 24.3 Å². The van der Waals surface area contributed by atoms with Gasteiger partial charge in [0.15, 0.2) is 0 Å². The molecule has 0 N–H and O–H groups in total. The lowest BCUT2D eigenvalue weighted by Crippen LogP contribution is -2.40. The highest BCUT2D eigenvalue weighted by molar-refractivity contribution is 9.10. The number of ether oxygens (including phenoxy) is 2. The van der Waals surface area contributed by atoms with E-state index in [9.17, 15) is 4.79 Å². The van der Waals surface area contributed by atoms with Gasteiger partial charge in [-0.3, -0.25) is 4.79 Å². The van der Waals surface area contributed by atoms with Crippen LogP contribution in [0, 0.1) is 0 Å². The Morgan fingerprint density at radius 1 is 1.45 bits per heavy atom. The maximum Gasteiger partial charge on any atom is 0.322 e. The predicted molar refractivity (Wildman–Crippen MR) is 45.8 cm³/mol. The minimum atomic E-state index is -0.535. The van der Waals surface area contributed by atoms with Crippen molar-refractivity contribution in [3.63, 3.8) is 0 Å². The van der Waals surface area contributed by atoms with Crippen LogP contribution < -0.4 is 0 Å². The molecule has 0 aromatic rings. The third kappa shape index (κ3) is 2.79. The fourth-order valence-corrected chi connectivity index (χ4v) is 0.865. The SMILES string of the molecule is COC(=O)C(Br)C(C)(C)OC. The summed E-state index contributed by atoms with van der Waals surface area (Å²) >= 11 is 3.19. The molecule has 0 radical (unpaired) electrons. The van der Waals surface area contributed by atoms with E-state index in [1.807, 2.05) is 13.8 Å². The molecule has 0 aliphatic carbocycles. The van der Waals surface area contributed by atoms with E-state index in [1.165, 1.54) is 7.11 Å². The lowest BCUT2D eigenvalue weighted by Gasteiger charge is -2.26. The molecule has 0 aromatic heterocycles. The third-order valence-corrected chi connectivity index (χ3v) is 3.02. The molecule has 3 nitrogen and oxygen atoms in total. The van der Waals surface area contributed by atoms with Crippen molar-refractivity contribution in [2.24, 2.45) is 0 Å². The summed E-state index contributed by atoms with van der Waals surface area (Å²) in [7, 11) is 2.90. The number of hydrogen-bond donors (Lipinski definition) is 0. The standard InChI is InChI=1S/C7H13BrO3/c1-7(2,11-4)5(8)6(9)10-3/h5H,1-4H3. The quantitative estimate of drug-likeness (QED) is 0.537. The molecule has 0 aliphatic heterocycles. The second-order valence-electron chi connectivity index (χ2n) is 2.69. The van der Waals surface area contributed by atoms with Crippen molar-refractivity contribution in [2.75, 3.05) is 14.2 Å². The molecular weight excluding hydrogens is 212 g/mol. The first-order chi connectivity index (χ1) is 4.95. The topological polar surface area (TPSA) is 35.5 Å². The number of halogens is 1. The van der Waals surface area contributed by atoms with Crippen molar-refractivity contribution in [1.82, 2.24) is 0 Å². The summed E-state index contributed by atoms with van der Waals surface area (Å²) in [6, 6.07) is 0. The monoisotopic (exact) mass is 224 g/mol. The summed E-state index contributed by atoms with van der Waals surface area (Å²) in [4.78, 5) is 10.5. The van der Waals surface area contributed by atoms with Gasteiger partial charge in [-0.1, -0.05) is 15.9 Å². The van der Waals surface area contributed by atoms with Crippen molar-refractivity contribution in [3.8, 4) is 0 Å². The lowest BCUT2D eigenvalue weighted by molar-refractivity contribution is -0.144. The summed E-state index contributed by atoms with van der Waals surface area (Å²) in [5.74, 6) is -0.322. The van der Waals surface area contributed by atoms with E-state index in [0.717, 1.165) is 0 Å². The van der Waals surface area contributed by atoms with Gasteiger partial charge < -0.3 is 9.47 Å². The van der Waals surface area contributed by atoms with Gasteiger partial charge >= 0.3 is 5.97 Å². The number of carbonyl (C=O) groups is 1. The fourth-order valence-electron chi connectivity index (χ4n) is 0.491. The van der Waals surface area contributed by atoms with Gasteiger partial charge in [-0.2, -0.15) is 0 Å². The van der Waals surface area contributed by atoms with Gasteiger partial charge in [0, 0.05) is 7.11 Å². The van der Waals surface area contributed by atoms with Crippen LogP contribution in [0.15, 0.2) is 0 Å². The van der Waals surface area contributed by atoms with Gasteiger partial charge in [-0.05, 0) is 13.8 Å². The Labute approximate surface area is 75.2 Å². The van der Waals surface area contributed by atoms with E-state index >= 15 is 0 Å². The Kier molecular flexibility index (Phi) is 4.03. The molecule has 1 unspecified atom stereocenters. The minimum absolute atomic E-state index is 0.322. The largest absolute Gasteiger partial charge is 0.468 e. The molecule has 0 aromatic carbocycles. The molecule has 1 atom stereocenters. The number of methoxy groups -OCH3 is 2. The minimum Gasteiger partial charge on any atom is -0.468 e. The number of esters is 1. The summed E-state index contributed by atoms with van der Waals surface area (Å²) in [5.41, 5.74) is -0.535. The number of alkyl halides is 1. The van der Waals surface area contributed by atoms with E-state index in [0.29, 0.717) is 0 Å². The van der Waals surface area contributed by atoms with E-state index in [4.69, 9.17) is 4.74 Å². The summed E-state index contributed by atoms with van der Waals surface area (Å²) in [6.07, 6.45) is 0. The molecule has 0 aliphatic rings. The van der Waals surface area contributed by atoms with Gasteiger partial charge in [0.05, 0.1) is 12.7 Å². The first-order valence-electron chi connectivity index (χ1n) is 3.22. The zero-order valence-corrected chi connectivity index (χ0v) is 8.77. The Morgan fingerprint density at radius 3 is 2.18 bits per heavy atom. The second-order valence-corrected chi connectivity index (χ2v) is 3.61. The van der Waals surface area contributed by atoms with Crippen molar-refractivity contribution in [1.29, 1.82) is 0 Å². The maximum atomic E-state index is 11.0. The molecular formula is C7H13BrO3. The van der Waals surface area contributed by atoms with Crippen LogP contribution in [0.25, 0.3) is 0 Å². The zero-order valence-electron chi connectivity index (χ0n) is 7.18. The fraction of sp³-hybridized carbons (Fsp3) is 0.857. The Bertz CT molecular complexity index is 145. The molecule has 0 fully saturated rings.